The summed E-state index contributed by atoms with van der Waals surface area (Å²) >= 11 is 16.7. The molecular formula is C13H12Cl2N2O2S. The predicted molar refractivity (Wildman–Crippen MR) is 83.4 cm³/mol. The number of carbonyl (C=O) groups excluding carboxylic acids is 2. The lowest BCUT2D eigenvalue weighted by atomic mass is 10.2. The van der Waals surface area contributed by atoms with Gasteiger partial charge in [-0.3, -0.25) is 9.59 Å². The summed E-state index contributed by atoms with van der Waals surface area (Å²) in [6.07, 6.45) is 0.101. The average molecular weight is 331 g/mol. The number of hydrogen-bond acceptors (Lipinski definition) is 3. The molecule has 2 rings (SSSR count). The van der Waals surface area contributed by atoms with Crippen LogP contribution in [0.3, 0.4) is 0 Å². The molecule has 4 nitrogen and oxygen atoms in total. The molecule has 0 bridgehead atoms. The lowest BCUT2D eigenvalue weighted by molar-refractivity contribution is -0.122. The molecule has 106 valence electrons. The van der Waals surface area contributed by atoms with Gasteiger partial charge in [-0.15, -0.1) is 0 Å². The quantitative estimate of drug-likeness (QED) is 0.628. The van der Waals surface area contributed by atoms with Crippen LogP contribution in [-0.2, 0) is 9.59 Å². The average Bonchev–Trinajstić information content (AvgIpc) is 2.65. The molecule has 1 saturated heterocycles. The second kappa shape index (κ2) is 6.08. The van der Waals surface area contributed by atoms with Crippen LogP contribution in [0, 0.1) is 0 Å². The van der Waals surface area contributed by atoms with Crippen LogP contribution in [0.5, 0.6) is 0 Å². The van der Waals surface area contributed by atoms with Gasteiger partial charge >= 0.3 is 0 Å². The summed E-state index contributed by atoms with van der Waals surface area (Å²) < 4.78 is 0. The van der Waals surface area contributed by atoms with E-state index >= 15 is 0 Å². The molecule has 1 aromatic carbocycles. The van der Waals surface area contributed by atoms with Crippen molar-refractivity contribution in [1.82, 2.24) is 4.90 Å². The fourth-order valence-corrected chi connectivity index (χ4v) is 2.99. The molecule has 1 aliphatic heterocycles. The van der Waals surface area contributed by atoms with Crippen molar-refractivity contribution in [3.8, 4) is 0 Å². The third kappa shape index (κ3) is 2.80. The SMILES string of the molecule is CCN(C=S)C1CC(=O)N(c2cc(Cl)cc(Cl)c2)C1=O. The maximum absolute atomic E-state index is 12.4. The van der Waals surface area contributed by atoms with Gasteiger partial charge in [0.25, 0.3) is 5.91 Å². The second-order valence-corrected chi connectivity index (χ2v) is 5.43. The Hall–Kier alpha value is -1.17. The van der Waals surface area contributed by atoms with Crippen molar-refractivity contribution in [2.45, 2.75) is 19.4 Å². The van der Waals surface area contributed by atoms with Crippen molar-refractivity contribution in [1.29, 1.82) is 0 Å². The zero-order valence-corrected chi connectivity index (χ0v) is 13.0. The van der Waals surface area contributed by atoms with Gasteiger partial charge in [0, 0.05) is 16.6 Å². The number of rotatable bonds is 4. The molecule has 1 fully saturated rings. The number of nitrogens with zero attached hydrogens (tertiary/aromatic N) is 2. The highest BCUT2D eigenvalue weighted by Gasteiger charge is 2.41. The highest BCUT2D eigenvalue weighted by molar-refractivity contribution is 7.78. The molecule has 0 radical (unpaired) electrons. The lowest BCUT2D eigenvalue weighted by Crippen LogP contribution is -2.41. The number of amides is 2. The van der Waals surface area contributed by atoms with Crippen LogP contribution in [-0.4, -0.2) is 34.8 Å². The van der Waals surface area contributed by atoms with Crippen molar-refractivity contribution in [2.75, 3.05) is 11.4 Å². The molecule has 0 aliphatic carbocycles. The minimum Gasteiger partial charge on any atom is -0.356 e. The number of anilines is 1. The van der Waals surface area contributed by atoms with Crippen LogP contribution >= 0.6 is 35.4 Å². The summed E-state index contributed by atoms with van der Waals surface area (Å²) in [4.78, 5) is 27.3. The molecule has 0 aromatic heterocycles. The molecular weight excluding hydrogens is 319 g/mol. The van der Waals surface area contributed by atoms with E-state index in [1.807, 2.05) is 6.92 Å². The van der Waals surface area contributed by atoms with Gasteiger partial charge in [0.2, 0.25) is 5.91 Å². The molecule has 1 unspecified atom stereocenters. The first kappa shape index (κ1) is 15.2. The van der Waals surface area contributed by atoms with Crippen LogP contribution in [0.4, 0.5) is 5.69 Å². The molecule has 7 heteroatoms. The zero-order chi connectivity index (χ0) is 14.9. The largest absolute Gasteiger partial charge is 0.356 e. The van der Waals surface area contributed by atoms with E-state index in [0.29, 0.717) is 22.3 Å². The standard InChI is InChI=1S/C13H12Cl2N2O2S/c1-2-16(7-20)11-6-12(18)17(13(11)19)10-4-8(14)3-9(15)5-10/h3-5,7,11H,2,6H2,1H3. The highest BCUT2D eigenvalue weighted by Crippen LogP contribution is 2.30. The Balaban J connectivity index is 2.35. The smallest absolute Gasteiger partial charge is 0.256 e. The van der Waals surface area contributed by atoms with E-state index in [1.165, 1.54) is 5.49 Å². The number of benzene rings is 1. The molecule has 0 N–H and O–H groups in total. The zero-order valence-electron chi connectivity index (χ0n) is 10.7. The van der Waals surface area contributed by atoms with Crippen molar-refractivity contribution >= 4 is 58.4 Å². The third-order valence-corrected chi connectivity index (χ3v) is 3.84. The van der Waals surface area contributed by atoms with E-state index in [9.17, 15) is 9.59 Å². The number of thiocarbonyl (C=S) groups is 1. The summed E-state index contributed by atoms with van der Waals surface area (Å²) in [5, 5.41) is 0.748. The number of likely N-dealkylation sites (N-methyl/N-ethyl adjacent to an activating group) is 1. The summed E-state index contributed by atoms with van der Waals surface area (Å²) in [6.45, 7) is 2.44. The van der Waals surface area contributed by atoms with Gasteiger partial charge in [0.1, 0.15) is 6.04 Å². The number of halogens is 2. The van der Waals surface area contributed by atoms with Gasteiger partial charge in [-0.25, -0.2) is 4.90 Å². The van der Waals surface area contributed by atoms with Gasteiger partial charge in [0.05, 0.1) is 17.6 Å². The number of imide groups is 1. The van der Waals surface area contributed by atoms with Crippen LogP contribution in [0.1, 0.15) is 13.3 Å². The predicted octanol–water partition coefficient (Wildman–Crippen LogP) is 2.90. The summed E-state index contributed by atoms with van der Waals surface area (Å²) in [5.74, 6) is -0.593. The van der Waals surface area contributed by atoms with E-state index < -0.39 is 6.04 Å². The normalized spacial score (nSPS) is 18.6. The third-order valence-electron chi connectivity index (χ3n) is 3.13. The molecule has 0 spiro atoms. The fourth-order valence-electron chi connectivity index (χ4n) is 2.18. The fraction of sp³-hybridized carbons (Fsp3) is 0.308. The second-order valence-electron chi connectivity index (χ2n) is 4.35. The van der Waals surface area contributed by atoms with Crippen LogP contribution < -0.4 is 4.90 Å². The van der Waals surface area contributed by atoms with Crippen molar-refractivity contribution in [3.05, 3.63) is 28.2 Å². The molecule has 1 heterocycles. The minimum atomic E-state index is -0.553. The van der Waals surface area contributed by atoms with E-state index in [-0.39, 0.29) is 18.2 Å². The Kier molecular flexibility index (Phi) is 4.62. The summed E-state index contributed by atoms with van der Waals surface area (Å²) in [5.41, 5.74) is 1.80. The van der Waals surface area contributed by atoms with Gasteiger partial charge < -0.3 is 4.90 Å². The monoisotopic (exact) mass is 330 g/mol. The van der Waals surface area contributed by atoms with Crippen molar-refractivity contribution < 1.29 is 9.59 Å². The van der Waals surface area contributed by atoms with Gasteiger partial charge in [-0.05, 0) is 25.1 Å². The number of carbonyl (C=O) groups is 2. The Morgan fingerprint density at radius 1 is 1.35 bits per heavy atom. The van der Waals surface area contributed by atoms with Crippen LogP contribution in [0.2, 0.25) is 10.0 Å². The maximum Gasteiger partial charge on any atom is 0.256 e. The minimum absolute atomic E-state index is 0.101. The van der Waals surface area contributed by atoms with Gasteiger partial charge in [0.15, 0.2) is 0 Å². The van der Waals surface area contributed by atoms with E-state index in [2.05, 4.69) is 0 Å². The molecule has 1 atom stereocenters. The lowest BCUT2D eigenvalue weighted by Gasteiger charge is -2.23. The van der Waals surface area contributed by atoms with Gasteiger partial charge in [-0.2, -0.15) is 0 Å². The van der Waals surface area contributed by atoms with E-state index in [1.54, 1.807) is 23.1 Å². The first-order valence-electron chi connectivity index (χ1n) is 6.01. The van der Waals surface area contributed by atoms with Crippen molar-refractivity contribution in [3.63, 3.8) is 0 Å². The Morgan fingerprint density at radius 3 is 2.45 bits per heavy atom. The first-order chi connectivity index (χ1) is 9.47. The molecule has 2 amide bonds. The highest BCUT2D eigenvalue weighted by atomic mass is 35.5. The maximum atomic E-state index is 12.4. The number of hydrogen-bond donors (Lipinski definition) is 0. The topological polar surface area (TPSA) is 40.6 Å². The van der Waals surface area contributed by atoms with Crippen LogP contribution in [0.15, 0.2) is 18.2 Å². The molecule has 0 saturated carbocycles. The molecule has 1 aliphatic rings. The van der Waals surface area contributed by atoms with Crippen molar-refractivity contribution in [2.24, 2.45) is 0 Å². The Labute approximate surface area is 132 Å². The Bertz CT molecular complexity index is 559. The van der Waals surface area contributed by atoms with E-state index in [0.717, 1.165) is 4.90 Å². The van der Waals surface area contributed by atoms with E-state index in [4.69, 9.17) is 35.4 Å². The Morgan fingerprint density at radius 2 is 1.95 bits per heavy atom. The van der Waals surface area contributed by atoms with Crippen LogP contribution in [0.25, 0.3) is 0 Å². The summed E-state index contributed by atoms with van der Waals surface area (Å²) in [6, 6.07) is 4.08. The molecule has 1 aromatic rings. The molecule has 20 heavy (non-hydrogen) atoms. The summed E-state index contributed by atoms with van der Waals surface area (Å²) in [7, 11) is 0. The van der Waals surface area contributed by atoms with Gasteiger partial charge in [-0.1, -0.05) is 35.4 Å². The first-order valence-corrected chi connectivity index (χ1v) is 7.24.